The van der Waals surface area contributed by atoms with E-state index >= 15 is 0 Å². The molecule has 0 amide bonds. The Morgan fingerprint density at radius 1 is 1.20 bits per heavy atom. The first-order valence-electron chi connectivity index (χ1n) is 6.47. The zero-order valence-electron chi connectivity index (χ0n) is 12.1. The van der Waals surface area contributed by atoms with Crippen LogP contribution in [0.25, 0.3) is 0 Å². The molecule has 2 aromatic rings. The zero-order valence-corrected chi connectivity index (χ0v) is 12.1. The molecule has 0 saturated carbocycles. The van der Waals surface area contributed by atoms with Crippen LogP contribution in [0, 0.1) is 6.92 Å². The molecule has 5 heteroatoms. The number of hydrogen-bond donors (Lipinski definition) is 1. The predicted molar refractivity (Wildman–Crippen MR) is 80.4 cm³/mol. The molecule has 1 aromatic carbocycles. The molecule has 0 aliphatic carbocycles. The molecule has 0 fully saturated rings. The number of hydrogen-bond acceptors (Lipinski definition) is 5. The summed E-state index contributed by atoms with van der Waals surface area (Å²) in [6.45, 7) is 3.20. The van der Waals surface area contributed by atoms with Crippen molar-refractivity contribution in [3.8, 4) is 0 Å². The Kier molecular flexibility index (Phi) is 4.53. The lowest BCUT2D eigenvalue weighted by Crippen LogP contribution is -2.19. The number of aryl methyl sites for hydroxylation is 1. The lowest BCUT2D eigenvalue weighted by atomic mass is 10.1. The normalized spacial score (nSPS) is 10.6. The van der Waals surface area contributed by atoms with Gasteiger partial charge in [0.05, 0.1) is 0 Å². The molecule has 2 N–H and O–H groups in total. The number of rotatable bonds is 5. The van der Waals surface area contributed by atoms with E-state index in [9.17, 15) is 0 Å². The number of nitrogens with zero attached hydrogens (tertiary/aromatic N) is 3. The lowest BCUT2D eigenvalue weighted by molar-refractivity contribution is 0.178. The molecule has 0 radical (unpaired) electrons. The third-order valence-corrected chi connectivity index (χ3v) is 2.98. The summed E-state index contributed by atoms with van der Waals surface area (Å²) in [5.41, 5.74) is 8.29. The number of ether oxygens (including phenoxy) is 1. The van der Waals surface area contributed by atoms with E-state index in [2.05, 4.69) is 41.2 Å². The van der Waals surface area contributed by atoms with Crippen molar-refractivity contribution in [1.29, 1.82) is 0 Å². The Balaban J connectivity index is 2.15. The number of anilines is 2. The summed E-state index contributed by atoms with van der Waals surface area (Å²) >= 11 is 0. The van der Waals surface area contributed by atoms with Gasteiger partial charge in [0.1, 0.15) is 18.2 Å². The van der Waals surface area contributed by atoms with Gasteiger partial charge in [-0.05, 0) is 12.5 Å². The van der Waals surface area contributed by atoms with E-state index in [1.807, 2.05) is 11.9 Å². The molecule has 106 valence electrons. The van der Waals surface area contributed by atoms with Crippen LogP contribution >= 0.6 is 0 Å². The lowest BCUT2D eigenvalue weighted by Gasteiger charge is -2.19. The van der Waals surface area contributed by atoms with Crippen molar-refractivity contribution in [1.82, 2.24) is 9.97 Å². The molecule has 0 saturated heterocycles. The van der Waals surface area contributed by atoms with Crippen LogP contribution in [-0.2, 0) is 17.9 Å². The van der Waals surface area contributed by atoms with Crippen molar-refractivity contribution >= 4 is 11.6 Å². The maximum atomic E-state index is 5.81. The summed E-state index contributed by atoms with van der Waals surface area (Å²) in [6, 6.07) is 10.2. The van der Waals surface area contributed by atoms with E-state index in [1.165, 1.54) is 11.1 Å². The van der Waals surface area contributed by atoms with Gasteiger partial charge in [-0.15, -0.1) is 0 Å². The minimum absolute atomic E-state index is 0.358. The average Bonchev–Trinajstić information content (AvgIpc) is 2.41. The van der Waals surface area contributed by atoms with Gasteiger partial charge in [0, 0.05) is 26.8 Å². The maximum Gasteiger partial charge on any atom is 0.158 e. The van der Waals surface area contributed by atoms with Gasteiger partial charge in [0.25, 0.3) is 0 Å². The first kappa shape index (κ1) is 14.3. The monoisotopic (exact) mass is 272 g/mol. The van der Waals surface area contributed by atoms with Crippen molar-refractivity contribution < 1.29 is 4.74 Å². The van der Waals surface area contributed by atoms with Crippen molar-refractivity contribution in [3.63, 3.8) is 0 Å². The number of aromatic nitrogens is 2. The molecule has 5 nitrogen and oxygen atoms in total. The highest BCUT2D eigenvalue weighted by Crippen LogP contribution is 2.16. The van der Waals surface area contributed by atoms with Crippen LogP contribution in [0.15, 0.2) is 30.3 Å². The first-order valence-corrected chi connectivity index (χ1v) is 6.47. The van der Waals surface area contributed by atoms with Gasteiger partial charge in [-0.25, -0.2) is 9.97 Å². The molecule has 20 heavy (non-hydrogen) atoms. The molecular weight excluding hydrogens is 252 g/mol. The van der Waals surface area contributed by atoms with Gasteiger partial charge in [0.2, 0.25) is 0 Å². The van der Waals surface area contributed by atoms with Crippen LogP contribution in [0.4, 0.5) is 11.6 Å². The second-order valence-electron chi connectivity index (χ2n) is 4.84. The second kappa shape index (κ2) is 6.34. The van der Waals surface area contributed by atoms with E-state index in [0.29, 0.717) is 18.2 Å². The highest BCUT2D eigenvalue weighted by atomic mass is 16.5. The van der Waals surface area contributed by atoms with E-state index in [1.54, 1.807) is 13.2 Å². The summed E-state index contributed by atoms with van der Waals surface area (Å²) in [5, 5.41) is 0. The molecule has 1 aromatic heterocycles. The molecular formula is C15H20N4O. The molecule has 2 rings (SSSR count). The number of benzene rings is 1. The van der Waals surface area contributed by atoms with Crippen LogP contribution in [0.1, 0.15) is 17.0 Å². The van der Waals surface area contributed by atoms with Crippen molar-refractivity contribution in [2.45, 2.75) is 20.1 Å². The third kappa shape index (κ3) is 3.68. The van der Waals surface area contributed by atoms with Gasteiger partial charge in [-0.2, -0.15) is 0 Å². The maximum absolute atomic E-state index is 5.81. The van der Waals surface area contributed by atoms with Gasteiger partial charge in [-0.1, -0.05) is 29.8 Å². The highest BCUT2D eigenvalue weighted by molar-refractivity contribution is 5.47. The van der Waals surface area contributed by atoms with Crippen molar-refractivity contribution in [2.75, 3.05) is 24.8 Å². The number of methoxy groups -OCH3 is 1. The summed E-state index contributed by atoms with van der Waals surface area (Å²) in [4.78, 5) is 10.6. The minimum atomic E-state index is 0.358. The molecule has 1 heterocycles. The molecule has 0 aliphatic heterocycles. The average molecular weight is 272 g/mol. The first-order chi connectivity index (χ1) is 9.58. The summed E-state index contributed by atoms with van der Waals surface area (Å²) in [7, 11) is 3.60. The fourth-order valence-corrected chi connectivity index (χ4v) is 1.94. The number of nitrogen functional groups attached to an aromatic ring is 1. The van der Waals surface area contributed by atoms with Crippen molar-refractivity contribution in [2.24, 2.45) is 0 Å². The minimum Gasteiger partial charge on any atom is -0.384 e. The van der Waals surface area contributed by atoms with Crippen LogP contribution < -0.4 is 10.6 Å². The Bertz CT molecular complexity index is 569. The summed E-state index contributed by atoms with van der Waals surface area (Å²) < 4.78 is 5.05. The Hall–Kier alpha value is -2.14. The topological polar surface area (TPSA) is 64.3 Å². The van der Waals surface area contributed by atoms with E-state index in [0.717, 1.165) is 12.4 Å². The van der Waals surface area contributed by atoms with Gasteiger partial charge < -0.3 is 15.4 Å². The Labute approximate surface area is 119 Å². The predicted octanol–water partition coefficient (Wildman–Crippen LogP) is 2.15. The quantitative estimate of drug-likeness (QED) is 0.903. The van der Waals surface area contributed by atoms with Crippen LogP contribution in [-0.4, -0.2) is 24.1 Å². The summed E-state index contributed by atoms with van der Waals surface area (Å²) in [6.07, 6.45) is 0. The van der Waals surface area contributed by atoms with E-state index < -0.39 is 0 Å². The fourth-order valence-electron chi connectivity index (χ4n) is 1.94. The van der Waals surface area contributed by atoms with Crippen LogP contribution in [0.5, 0.6) is 0 Å². The van der Waals surface area contributed by atoms with E-state index in [4.69, 9.17) is 10.5 Å². The third-order valence-electron chi connectivity index (χ3n) is 2.98. The van der Waals surface area contributed by atoms with Gasteiger partial charge in [-0.3, -0.25) is 0 Å². The largest absolute Gasteiger partial charge is 0.384 e. The van der Waals surface area contributed by atoms with Crippen LogP contribution in [0.3, 0.4) is 0 Å². The molecule has 0 bridgehead atoms. The second-order valence-corrected chi connectivity index (χ2v) is 4.84. The van der Waals surface area contributed by atoms with Gasteiger partial charge >= 0.3 is 0 Å². The van der Waals surface area contributed by atoms with Gasteiger partial charge in [0.15, 0.2) is 5.82 Å². The van der Waals surface area contributed by atoms with E-state index in [-0.39, 0.29) is 0 Å². The number of nitrogens with two attached hydrogens (primary N) is 1. The van der Waals surface area contributed by atoms with Crippen molar-refractivity contribution in [3.05, 3.63) is 47.3 Å². The van der Waals surface area contributed by atoms with Crippen LogP contribution in [0.2, 0.25) is 0 Å². The SMILES string of the molecule is COCc1nc(N)cc(N(C)Cc2ccc(C)cc2)n1. The standard InChI is InChI=1S/C15H20N4O/c1-11-4-6-12(7-5-11)9-19(2)15-8-13(16)17-14(18-15)10-20-3/h4-8H,9-10H2,1-3H3,(H2,16,17,18). The molecule has 0 unspecified atom stereocenters. The Morgan fingerprint density at radius 2 is 1.90 bits per heavy atom. The molecule has 0 atom stereocenters. The zero-order chi connectivity index (χ0) is 14.5. The smallest absolute Gasteiger partial charge is 0.158 e. The highest BCUT2D eigenvalue weighted by Gasteiger charge is 2.08. The Morgan fingerprint density at radius 3 is 2.55 bits per heavy atom. The molecule has 0 spiro atoms. The summed E-state index contributed by atoms with van der Waals surface area (Å²) in [5.74, 6) is 1.85. The fraction of sp³-hybridized carbons (Fsp3) is 0.333. The molecule has 0 aliphatic rings.